The summed E-state index contributed by atoms with van der Waals surface area (Å²) in [5.74, 6) is 3.88. The number of carbonyl (C=O) groups is 2. The van der Waals surface area contributed by atoms with Gasteiger partial charge in [0.2, 0.25) is 5.91 Å². The molecule has 0 heterocycles. The van der Waals surface area contributed by atoms with E-state index in [2.05, 4.69) is 71.2 Å². The van der Waals surface area contributed by atoms with E-state index in [0.717, 1.165) is 11.8 Å². The molecule has 0 aromatic heterocycles. The lowest BCUT2D eigenvalue weighted by Crippen LogP contribution is -2.68. The number of amides is 1. The SMILES string of the molecule is CNC(=O)CNC12CCC(C(C)C)C1C1CCC3C4(C)CCC(c5ccc(C(=O)O)cc5)C(C)(C)C4CCC3(C)C1(C)CC2. The molecule has 10 unspecified atom stereocenters. The molecule has 6 rings (SSSR count). The Morgan fingerprint density at radius 2 is 1.55 bits per heavy atom. The number of nitrogens with one attached hydrogen (secondary N) is 2. The van der Waals surface area contributed by atoms with Crippen LogP contribution in [0.15, 0.2) is 24.3 Å². The Morgan fingerprint density at radius 3 is 2.18 bits per heavy atom. The fourth-order valence-electron chi connectivity index (χ4n) is 13.5. The third-order valence-corrected chi connectivity index (χ3v) is 15.8. The number of hydrogen-bond donors (Lipinski definition) is 3. The predicted molar refractivity (Wildman–Crippen MR) is 178 cm³/mol. The van der Waals surface area contributed by atoms with Crippen LogP contribution >= 0.6 is 0 Å². The monoisotopic (exact) mass is 604 g/mol. The first-order chi connectivity index (χ1) is 20.6. The molecular weight excluding hydrogens is 544 g/mol. The highest BCUT2D eigenvalue weighted by Crippen LogP contribution is 2.77. The molecule has 5 fully saturated rings. The molecule has 3 N–H and O–H groups in total. The van der Waals surface area contributed by atoms with Crippen LogP contribution in [0.5, 0.6) is 0 Å². The van der Waals surface area contributed by atoms with Crippen LogP contribution in [-0.4, -0.2) is 36.1 Å². The molecule has 0 saturated heterocycles. The maximum Gasteiger partial charge on any atom is 0.335 e. The molecule has 1 amide bonds. The van der Waals surface area contributed by atoms with Crippen molar-refractivity contribution in [2.24, 2.45) is 57.2 Å². The van der Waals surface area contributed by atoms with Crippen molar-refractivity contribution in [2.75, 3.05) is 13.6 Å². The number of hydrogen-bond acceptors (Lipinski definition) is 3. The Kier molecular flexibility index (Phi) is 7.91. The zero-order chi connectivity index (χ0) is 31.9. The summed E-state index contributed by atoms with van der Waals surface area (Å²) in [7, 11) is 1.76. The van der Waals surface area contributed by atoms with Crippen molar-refractivity contribution >= 4 is 11.9 Å². The molecule has 1 aromatic rings. The quantitative estimate of drug-likeness (QED) is 0.305. The normalized spacial score (nSPS) is 44.2. The van der Waals surface area contributed by atoms with E-state index in [4.69, 9.17) is 0 Å². The van der Waals surface area contributed by atoms with Crippen molar-refractivity contribution in [3.8, 4) is 0 Å². The van der Waals surface area contributed by atoms with Gasteiger partial charge in [0, 0.05) is 12.6 Å². The van der Waals surface area contributed by atoms with Crippen LogP contribution in [0.25, 0.3) is 0 Å². The first-order valence-electron chi connectivity index (χ1n) is 17.9. The van der Waals surface area contributed by atoms with Crippen molar-refractivity contribution < 1.29 is 14.7 Å². The molecule has 5 aliphatic rings. The minimum Gasteiger partial charge on any atom is -0.478 e. The van der Waals surface area contributed by atoms with Gasteiger partial charge in [-0.25, -0.2) is 4.79 Å². The Labute approximate surface area is 267 Å². The molecule has 10 atom stereocenters. The number of carboxylic acid groups (broad SMARTS) is 1. The molecule has 0 bridgehead atoms. The first kappa shape index (κ1) is 32.1. The van der Waals surface area contributed by atoms with Crippen molar-refractivity contribution in [1.29, 1.82) is 0 Å². The molecule has 0 aliphatic heterocycles. The van der Waals surface area contributed by atoms with E-state index in [1.165, 1.54) is 69.8 Å². The maximum absolute atomic E-state index is 12.4. The van der Waals surface area contributed by atoms with Gasteiger partial charge < -0.3 is 15.7 Å². The van der Waals surface area contributed by atoms with Crippen LogP contribution in [0.2, 0.25) is 0 Å². The summed E-state index contributed by atoms with van der Waals surface area (Å²) >= 11 is 0. The summed E-state index contributed by atoms with van der Waals surface area (Å²) in [5, 5.41) is 16.2. The van der Waals surface area contributed by atoms with Crippen molar-refractivity contribution in [1.82, 2.24) is 10.6 Å². The minimum absolute atomic E-state index is 0.103. The Morgan fingerprint density at radius 1 is 0.841 bits per heavy atom. The summed E-state index contributed by atoms with van der Waals surface area (Å²) in [4.78, 5) is 23.9. The number of likely N-dealkylation sites (N-methyl/N-ethyl adjacent to an activating group) is 1. The summed E-state index contributed by atoms with van der Waals surface area (Å²) in [6, 6.07) is 7.80. The highest BCUT2D eigenvalue weighted by molar-refractivity contribution is 5.87. The van der Waals surface area contributed by atoms with Crippen LogP contribution in [0.4, 0.5) is 0 Å². The summed E-state index contributed by atoms with van der Waals surface area (Å²) < 4.78 is 0. The number of fused-ring (bicyclic) bond motifs is 7. The number of aromatic carboxylic acids is 1. The molecule has 0 radical (unpaired) electrons. The maximum atomic E-state index is 12.4. The number of rotatable bonds is 6. The summed E-state index contributed by atoms with van der Waals surface area (Å²) in [6.45, 7) is 18.5. The van der Waals surface area contributed by atoms with Gasteiger partial charge in [0.05, 0.1) is 12.1 Å². The van der Waals surface area contributed by atoms with E-state index in [9.17, 15) is 14.7 Å². The van der Waals surface area contributed by atoms with Gasteiger partial charge in [-0.15, -0.1) is 0 Å². The van der Waals surface area contributed by atoms with Gasteiger partial charge in [-0.1, -0.05) is 60.6 Å². The summed E-state index contributed by atoms with van der Waals surface area (Å²) in [5.41, 5.74) is 2.93. The molecule has 5 aliphatic carbocycles. The standard InChI is InChI=1S/C39H60N2O3/c1-24(2)27-15-20-39(41-23-32(42)40-8)22-21-37(6)29(33(27)39)13-14-31-36(5)18-16-28(25-9-11-26(12-10-25)34(43)44)35(3,4)30(36)17-19-38(31,37)7/h9-12,24,27-31,33,41H,13-23H2,1-8H3,(H,40,42)(H,43,44). The lowest BCUT2D eigenvalue weighted by atomic mass is 9.32. The zero-order valence-corrected chi connectivity index (χ0v) is 28.9. The van der Waals surface area contributed by atoms with Crippen LogP contribution in [0.1, 0.15) is 135 Å². The molecule has 5 heteroatoms. The average molecular weight is 605 g/mol. The van der Waals surface area contributed by atoms with Gasteiger partial charge in [-0.3, -0.25) is 4.79 Å². The topological polar surface area (TPSA) is 78.4 Å². The van der Waals surface area contributed by atoms with Crippen LogP contribution in [0.3, 0.4) is 0 Å². The van der Waals surface area contributed by atoms with Gasteiger partial charge in [-0.05, 0) is 145 Å². The second-order valence-corrected chi connectivity index (χ2v) is 17.7. The minimum atomic E-state index is -0.845. The third kappa shape index (κ3) is 4.48. The Hall–Kier alpha value is -1.88. The molecule has 244 valence electrons. The first-order valence-corrected chi connectivity index (χ1v) is 17.9. The predicted octanol–water partition coefficient (Wildman–Crippen LogP) is 8.29. The van der Waals surface area contributed by atoms with Crippen LogP contribution in [-0.2, 0) is 4.79 Å². The van der Waals surface area contributed by atoms with Gasteiger partial charge in [-0.2, -0.15) is 0 Å². The van der Waals surface area contributed by atoms with E-state index < -0.39 is 5.97 Å². The van der Waals surface area contributed by atoms with Gasteiger partial charge >= 0.3 is 5.97 Å². The van der Waals surface area contributed by atoms with Crippen molar-refractivity contribution in [3.63, 3.8) is 0 Å². The highest BCUT2D eigenvalue weighted by Gasteiger charge is 2.71. The van der Waals surface area contributed by atoms with Crippen molar-refractivity contribution in [3.05, 3.63) is 35.4 Å². The molecule has 5 nitrogen and oxygen atoms in total. The second-order valence-electron chi connectivity index (χ2n) is 17.7. The highest BCUT2D eigenvalue weighted by atomic mass is 16.4. The fraction of sp³-hybridized carbons (Fsp3) is 0.795. The fourth-order valence-corrected chi connectivity index (χ4v) is 13.5. The lowest BCUT2D eigenvalue weighted by Gasteiger charge is -2.73. The number of benzene rings is 1. The third-order valence-electron chi connectivity index (χ3n) is 15.8. The molecular formula is C39H60N2O3. The summed E-state index contributed by atoms with van der Waals surface area (Å²) in [6.07, 6.45) is 12.7. The Bertz CT molecular complexity index is 1270. The lowest BCUT2D eigenvalue weighted by molar-refractivity contribution is -0.235. The molecule has 0 spiro atoms. The van der Waals surface area contributed by atoms with E-state index in [0.29, 0.717) is 57.9 Å². The van der Waals surface area contributed by atoms with Crippen molar-refractivity contribution in [2.45, 2.75) is 124 Å². The van der Waals surface area contributed by atoms with E-state index in [1.54, 1.807) is 7.05 Å². The van der Waals surface area contributed by atoms with Gasteiger partial charge in [0.25, 0.3) is 0 Å². The molecule has 1 aromatic carbocycles. The average Bonchev–Trinajstić information content (AvgIpc) is 3.36. The molecule has 5 saturated carbocycles. The number of carbonyl (C=O) groups excluding carboxylic acids is 1. The number of carboxylic acids is 1. The van der Waals surface area contributed by atoms with Gasteiger partial charge in [0.1, 0.15) is 0 Å². The smallest absolute Gasteiger partial charge is 0.335 e. The van der Waals surface area contributed by atoms with E-state index in [-0.39, 0.29) is 16.9 Å². The zero-order valence-electron chi connectivity index (χ0n) is 28.9. The van der Waals surface area contributed by atoms with E-state index >= 15 is 0 Å². The van der Waals surface area contributed by atoms with Crippen LogP contribution < -0.4 is 10.6 Å². The van der Waals surface area contributed by atoms with Crippen LogP contribution in [0, 0.1) is 57.2 Å². The molecule has 44 heavy (non-hydrogen) atoms. The second kappa shape index (κ2) is 10.8. The Balaban J connectivity index is 1.30. The van der Waals surface area contributed by atoms with E-state index in [1.807, 2.05) is 12.1 Å². The largest absolute Gasteiger partial charge is 0.478 e. The van der Waals surface area contributed by atoms with Gasteiger partial charge in [0.15, 0.2) is 0 Å².